The van der Waals surface area contributed by atoms with Crippen molar-refractivity contribution >= 4 is 44.7 Å². The maximum atomic E-state index is 6.19. The highest BCUT2D eigenvalue weighted by atomic mass is 35.5. The van der Waals surface area contributed by atoms with Crippen molar-refractivity contribution in [3.63, 3.8) is 0 Å². The van der Waals surface area contributed by atoms with Gasteiger partial charge < -0.3 is 9.80 Å². The molecule has 3 heterocycles. The van der Waals surface area contributed by atoms with Crippen LogP contribution in [-0.2, 0) is 6.42 Å². The van der Waals surface area contributed by atoms with Gasteiger partial charge in [-0.3, -0.25) is 0 Å². The SMILES string of the molecule is Cc1cc2c(N3CCN(c4cccc(Cl)c4)CC3)nc(Cc3ccccc3)nc2s1. The molecule has 1 aliphatic rings. The molecule has 1 aliphatic heterocycles. The summed E-state index contributed by atoms with van der Waals surface area (Å²) in [6.45, 7) is 5.90. The van der Waals surface area contributed by atoms with E-state index >= 15 is 0 Å². The van der Waals surface area contributed by atoms with Gasteiger partial charge in [-0.05, 0) is 36.8 Å². The molecule has 0 amide bonds. The first-order valence-electron chi connectivity index (χ1n) is 10.2. The number of thiophene rings is 1. The van der Waals surface area contributed by atoms with Gasteiger partial charge in [0, 0.05) is 48.2 Å². The molecule has 4 nitrogen and oxygen atoms in total. The molecule has 0 saturated carbocycles. The van der Waals surface area contributed by atoms with Crippen LogP contribution in [0, 0.1) is 6.92 Å². The van der Waals surface area contributed by atoms with Gasteiger partial charge in [0.2, 0.25) is 0 Å². The number of aromatic nitrogens is 2. The normalized spacial score (nSPS) is 14.5. The Balaban J connectivity index is 1.42. The van der Waals surface area contributed by atoms with E-state index in [1.165, 1.54) is 21.5 Å². The highest BCUT2D eigenvalue weighted by molar-refractivity contribution is 7.18. The van der Waals surface area contributed by atoms with Crippen molar-refractivity contribution in [3.05, 3.63) is 82.0 Å². The summed E-state index contributed by atoms with van der Waals surface area (Å²) in [5.74, 6) is 1.96. The van der Waals surface area contributed by atoms with Gasteiger partial charge in [-0.2, -0.15) is 0 Å². The molecule has 152 valence electrons. The zero-order chi connectivity index (χ0) is 20.5. The zero-order valence-corrected chi connectivity index (χ0v) is 18.5. The fourth-order valence-electron chi connectivity index (χ4n) is 4.02. The fourth-order valence-corrected chi connectivity index (χ4v) is 5.10. The van der Waals surface area contributed by atoms with Crippen molar-refractivity contribution in [2.45, 2.75) is 13.3 Å². The Morgan fingerprint density at radius 2 is 1.67 bits per heavy atom. The molecule has 1 fully saturated rings. The van der Waals surface area contributed by atoms with Crippen LogP contribution in [0.25, 0.3) is 10.2 Å². The number of rotatable bonds is 4. The number of fused-ring (bicyclic) bond motifs is 1. The summed E-state index contributed by atoms with van der Waals surface area (Å²) < 4.78 is 0. The third-order valence-corrected chi connectivity index (χ3v) is 6.68. The van der Waals surface area contributed by atoms with Crippen molar-refractivity contribution in [2.75, 3.05) is 36.0 Å². The van der Waals surface area contributed by atoms with E-state index in [4.69, 9.17) is 21.6 Å². The minimum absolute atomic E-state index is 0.753. The molecule has 0 aliphatic carbocycles. The summed E-state index contributed by atoms with van der Waals surface area (Å²) in [7, 11) is 0. The number of nitrogens with zero attached hydrogens (tertiary/aromatic N) is 4. The van der Waals surface area contributed by atoms with Gasteiger partial charge in [0.25, 0.3) is 0 Å². The number of benzene rings is 2. The molecule has 6 heteroatoms. The maximum absolute atomic E-state index is 6.19. The maximum Gasteiger partial charge on any atom is 0.141 e. The Kier molecular flexibility index (Phi) is 5.32. The molecule has 0 unspecified atom stereocenters. The number of hydrogen-bond donors (Lipinski definition) is 0. The first-order chi connectivity index (χ1) is 14.7. The van der Waals surface area contributed by atoms with Crippen LogP contribution in [0.1, 0.15) is 16.3 Å². The average molecular weight is 435 g/mol. The highest BCUT2D eigenvalue weighted by Gasteiger charge is 2.22. The average Bonchev–Trinajstić information content (AvgIpc) is 3.14. The molecule has 0 atom stereocenters. The predicted octanol–water partition coefficient (Wildman–Crippen LogP) is 5.57. The van der Waals surface area contributed by atoms with Crippen LogP contribution in [0.15, 0.2) is 60.7 Å². The summed E-state index contributed by atoms with van der Waals surface area (Å²) in [4.78, 5) is 17.1. The molecule has 0 bridgehead atoms. The van der Waals surface area contributed by atoms with Crippen LogP contribution >= 0.6 is 22.9 Å². The molecule has 0 N–H and O–H groups in total. The number of piperazine rings is 1. The molecule has 1 saturated heterocycles. The van der Waals surface area contributed by atoms with Crippen LogP contribution in [0.3, 0.4) is 0 Å². The van der Waals surface area contributed by atoms with Crippen LogP contribution in [0.4, 0.5) is 11.5 Å². The van der Waals surface area contributed by atoms with E-state index in [9.17, 15) is 0 Å². The van der Waals surface area contributed by atoms with Crippen molar-refractivity contribution < 1.29 is 0 Å². The lowest BCUT2D eigenvalue weighted by Crippen LogP contribution is -2.47. The summed E-state index contributed by atoms with van der Waals surface area (Å²) in [6.07, 6.45) is 0.753. The topological polar surface area (TPSA) is 32.3 Å². The summed E-state index contributed by atoms with van der Waals surface area (Å²) >= 11 is 7.94. The number of hydrogen-bond acceptors (Lipinski definition) is 5. The van der Waals surface area contributed by atoms with Crippen molar-refractivity contribution in [1.82, 2.24) is 9.97 Å². The molecule has 2 aromatic carbocycles. The van der Waals surface area contributed by atoms with Gasteiger partial charge >= 0.3 is 0 Å². The van der Waals surface area contributed by atoms with E-state index in [-0.39, 0.29) is 0 Å². The molecule has 4 aromatic rings. The quantitative estimate of drug-likeness (QED) is 0.420. The molecular formula is C24H23ClN4S. The van der Waals surface area contributed by atoms with Gasteiger partial charge in [-0.1, -0.05) is 48.0 Å². The lowest BCUT2D eigenvalue weighted by atomic mass is 10.1. The van der Waals surface area contributed by atoms with Crippen molar-refractivity contribution in [3.8, 4) is 0 Å². The minimum Gasteiger partial charge on any atom is -0.368 e. The van der Waals surface area contributed by atoms with E-state index in [0.717, 1.165) is 54.1 Å². The third kappa shape index (κ3) is 4.00. The van der Waals surface area contributed by atoms with Crippen LogP contribution < -0.4 is 9.80 Å². The van der Waals surface area contributed by atoms with Crippen LogP contribution in [0.5, 0.6) is 0 Å². The minimum atomic E-state index is 0.753. The molecule has 30 heavy (non-hydrogen) atoms. The van der Waals surface area contributed by atoms with E-state index < -0.39 is 0 Å². The summed E-state index contributed by atoms with van der Waals surface area (Å²) in [5.41, 5.74) is 2.42. The van der Waals surface area contributed by atoms with E-state index in [0.29, 0.717) is 0 Å². The Labute approximate surface area is 185 Å². The second-order valence-electron chi connectivity index (χ2n) is 7.66. The summed E-state index contributed by atoms with van der Waals surface area (Å²) in [5, 5.41) is 1.96. The van der Waals surface area contributed by atoms with E-state index in [1.807, 2.05) is 24.3 Å². The molecular weight excluding hydrogens is 412 g/mol. The Morgan fingerprint density at radius 1 is 0.900 bits per heavy atom. The first-order valence-corrected chi connectivity index (χ1v) is 11.4. The molecule has 5 rings (SSSR count). The fraction of sp³-hybridized carbons (Fsp3) is 0.250. The predicted molar refractivity (Wildman–Crippen MR) is 127 cm³/mol. The highest BCUT2D eigenvalue weighted by Crippen LogP contribution is 2.32. The Hall–Kier alpha value is -2.63. The standard InChI is InChI=1S/C24H23ClN4S/c1-17-14-21-23(26-22(27-24(21)30-17)15-18-6-3-2-4-7-18)29-12-10-28(11-13-29)20-9-5-8-19(25)16-20/h2-9,14,16H,10-13,15H2,1H3. The second-order valence-corrected chi connectivity index (χ2v) is 9.33. The number of anilines is 2. The van der Waals surface area contributed by atoms with E-state index in [1.54, 1.807) is 11.3 Å². The third-order valence-electron chi connectivity index (χ3n) is 5.50. The number of halogens is 1. The lowest BCUT2D eigenvalue weighted by Gasteiger charge is -2.37. The zero-order valence-electron chi connectivity index (χ0n) is 16.9. The molecule has 2 aromatic heterocycles. The van der Waals surface area contributed by atoms with Crippen molar-refractivity contribution in [2.24, 2.45) is 0 Å². The monoisotopic (exact) mass is 434 g/mol. The number of aryl methyl sites for hydroxylation is 1. The molecule has 0 spiro atoms. The lowest BCUT2D eigenvalue weighted by molar-refractivity contribution is 0.647. The van der Waals surface area contributed by atoms with Gasteiger partial charge in [-0.25, -0.2) is 9.97 Å². The first kappa shape index (κ1) is 19.3. The molecule has 0 radical (unpaired) electrons. The Bertz CT molecular complexity index is 1170. The largest absolute Gasteiger partial charge is 0.368 e. The van der Waals surface area contributed by atoms with Gasteiger partial charge in [-0.15, -0.1) is 11.3 Å². The van der Waals surface area contributed by atoms with E-state index in [2.05, 4.69) is 53.1 Å². The van der Waals surface area contributed by atoms with Gasteiger partial charge in [0.15, 0.2) is 0 Å². The van der Waals surface area contributed by atoms with Crippen molar-refractivity contribution in [1.29, 1.82) is 0 Å². The van der Waals surface area contributed by atoms with Crippen LogP contribution in [0.2, 0.25) is 5.02 Å². The smallest absolute Gasteiger partial charge is 0.141 e. The Morgan fingerprint density at radius 3 is 2.43 bits per heavy atom. The summed E-state index contributed by atoms with van der Waals surface area (Å²) in [6, 6.07) is 20.8. The second kappa shape index (κ2) is 8.25. The van der Waals surface area contributed by atoms with Gasteiger partial charge in [0.05, 0.1) is 5.39 Å². The van der Waals surface area contributed by atoms with Crippen LogP contribution in [-0.4, -0.2) is 36.1 Å². The van der Waals surface area contributed by atoms with Gasteiger partial charge in [0.1, 0.15) is 16.5 Å².